The van der Waals surface area contributed by atoms with Crippen molar-refractivity contribution in [2.75, 3.05) is 0 Å². The number of hydrogen-bond acceptors (Lipinski definition) is 3. The lowest BCUT2D eigenvalue weighted by Gasteiger charge is -2.19. The quantitative estimate of drug-likeness (QED) is 0.410. The van der Waals surface area contributed by atoms with Crippen molar-refractivity contribution in [3.8, 4) is 0 Å². The van der Waals surface area contributed by atoms with Gasteiger partial charge in [0.1, 0.15) is 0 Å². The smallest absolute Gasteiger partial charge is 0.257 e. The molecule has 0 atom stereocenters. The zero-order chi connectivity index (χ0) is 21.2. The Labute approximate surface area is 178 Å². The van der Waals surface area contributed by atoms with Crippen molar-refractivity contribution in [1.82, 2.24) is 9.55 Å². The average molecular weight is 407 g/mol. The molecule has 0 N–H and O–H groups in total. The first-order valence-corrected chi connectivity index (χ1v) is 11.0. The molecule has 0 fully saturated rings. The van der Waals surface area contributed by atoms with Crippen LogP contribution in [-0.4, -0.2) is 9.55 Å². The fourth-order valence-electron chi connectivity index (χ4n) is 3.34. The summed E-state index contributed by atoms with van der Waals surface area (Å²) in [5.41, 5.74) is 6.70. The third-order valence-corrected chi connectivity index (χ3v) is 6.30. The first kappa shape index (κ1) is 21.4. The van der Waals surface area contributed by atoms with E-state index in [0.29, 0.717) is 6.42 Å². The number of rotatable bonds is 5. The van der Waals surface area contributed by atoms with Crippen LogP contribution in [0.15, 0.2) is 58.5 Å². The molecule has 3 nitrogen and oxygen atoms in total. The number of thioether (sulfide) groups is 1. The van der Waals surface area contributed by atoms with Crippen molar-refractivity contribution < 1.29 is 0 Å². The molecular formula is C25H30N2OS. The lowest BCUT2D eigenvalue weighted by Crippen LogP contribution is -2.25. The third kappa shape index (κ3) is 5.18. The van der Waals surface area contributed by atoms with Crippen LogP contribution in [0.2, 0.25) is 0 Å². The summed E-state index contributed by atoms with van der Waals surface area (Å²) in [7, 11) is 1.82. The maximum atomic E-state index is 13.0. The lowest BCUT2D eigenvalue weighted by molar-refractivity contribution is 0.590. The van der Waals surface area contributed by atoms with Gasteiger partial charge in [-0.15, -0.1) is 0 Å². The van der Waals surface area contributed by atoms with Gasteiger partial charge in [-0.1, -0.05) is 86.6 Å². The molecule has 1 heterocycles. The van der Waals surface area contributed by atoms with Crippen LogP contribution in [0.4, 0.5) is 0 Å². The molecule has 152 valence electrons. The maximum Gasteiger partial charge on any atom is 0.257 e. The summed E-state index contributed by atoms with van der Waals surface area (Å²) in [6.07, 6.45) is 0.617. The van der Waals surface area contributed by atoms with Gasteiger partial charge in [0.15, 0.2) is 5.16 Å². The molecule has 0 aliphatic heterocycles. The van der Waals surface area contributed by atoms with E-state index in [0.717, 1.165) is 27.7 Å². The molecule has 0 spiro atoms. The summed E-state index contributed by atoms with van der Waals surface area (Å²) in [4.78, 5) is 17.7. The molecule has 29 heavy (non-hydrogen) atoms. The number of nitrogens with zero attached hydrogens (tertiary/aromatic N) is 2. The third-order valence-electron chi connectivity index (χ3n) is 5.20. The normalized spacial score (nSPS) is 11.7. The lowest BCUT2D eigenvalue weighted by atomic mass is 9.87. The highest BCUT2D eigenvalue weighted by atomic mass is 32.2. The van der Waals surface area contributed by atoms with E-state index >= 15 is 0 Å². The molecule has 0 radical (unpaired) electrons. The van der Waals surface area contributed by atoms with Crippen LogP contribution >= 0.6 is 11.8 Å². The Morgan fingerprint density at radius 3 is 2.31 bits per heavy atom. The summed E-state index contributed by atoms with van der Waals surface area (Å²) in [6.45, 7) is 10.7. The van der Waals surface area contributed by atoms with Gasteiger partial charge < -0.3 is 0 Å². The Morgan fingerprint density at radius 1 is 1.00 bits per heavy atom. The highest BCUT2D eigenvalue weighted by Crippen LogP contribution is 2.25. The predicted octanol–water partition coefficient (Wildman–Crippen LogP) is 5.58. The van der Waals surface area contributed by atoms with E-state index in [1.165, 1.54) is 16.7 Å². The van der Waals surface area contributed by atoms with E-state index in [-0.39, 0.29) is 11.0 Å². The molecule has 0 bridgehead atoms. The Balaban J connectivity index is 1.78. The molecule has 2 aromatic carbocycles. The van der Waals surface area contributed by atoms with Gasteiger partial charge in [0, 0.05) is 30.5 Å². The Bertz CT molecular complexity index is 1060. The van der Waals surface area contributed by atoms with E-state index in [9.17, 15) is 4.79 Å². The molecule has 0 saturated heterocycles. The zero-order valence-electron chi connectivity index (χ0n) is 18.2. The second kappa shape index (κ2) is 8.58. The van der Waals surface area contributed by atoms with Crippen molar-refractivity contribution in [2.24, 2.45) is 7.05 Å². The van der Waals surface area contributed by atoms with Gasteiger partial charge in [0.25, 0.3) is 5.56 Å². The number of aromatic nitrogens is 2. The van der Waals surface area contributed by atoms with Gasteiger partial charge in [-0.05, 0) is 36.0 Å². The van der Waals surface area contributed by atoms with Crippen LogP contribution in [0.3, 0.4) is 0 Å². The highest BCUT2D eigenvalue weighted by molar-refractivity contribution is 7.98. The fraction of sp³-hybridized carbons (Fsp3) is 0.360. The van der Waals surface area contributed by atoms with Gasteiger partial charge in [-0.3, -0.25) is 9.36 Å². The topological polar surface area (TPSA) is 34.9 Å². The SMILES string of the molecule is Cc1cccc(Cc2c(C)nc(SCc3ccc(C(C)(C)C)cc3)n(C)c2=O)c1. The number of aryl methyl sites for hydroxylation is 2. The van der Waals surface area contributed by atoms with Crippen molar-refractivity contribution in [2.45, 2.75) is 57.4 Å². The van der Waals surface area contributed by atoms with Crippen molar-refractivity contribution in [3.05, 3.63) is 92.4 Å². The first-order valence-electron chi connectivity index (χ1n) is 9.99. The highest BCUT2D eigenvalue weighted by Gasteiger charge is 2.15. The maximum absolute atomic E-state index is 13.0. The Hall–Kier alpha value is -2.33. The second-order valence-corrected chi connectivity index (χ2v) is 9.67. The fourth-order valence-corrected chi connectivity index (χ4v) is 4.30. The molecule has 0 amide bonds. The zero-order valence-corrected chi connectivity index (χ0v) is 19.1. The molecule has 0 unspecified atom stereocenters. The largest absolute Gasteiger partial charge is 0.291 e. The summed E-state index contributed by atoms with van der Waals surface area (Å²) in [6, 6.07) is 17.0. The summed E-state index contributed by atoms with van der Waals surface area (Å²) < 4.78 is 1.69. The molecule has 1 aromatic heterocycles. The summed E-state index contributed by atoms with van der Waals surface area (Å²) in [5, 5.41) is 0.764. The molecule has 0 saturated carbocycles. The summed E-state index contributed by atoms with van der Waals surface area (Å²) >= 11 is 1.61. The standard InChI is InChI=1S/C25H30N2OS/c1-17-8-7-9-20(14-17)15-22-18(2)26-24(27(6)23(22)28)29-16-19-10-12-21(13-11-19)25(3,4)5/h7-14H,15-16H2,1-6H3. The minimum atomic E-state index is 0.0459. The minimum absolute atomic E-state index is 0.0459. The molecule has 0 aliphatic rings. The van der Waals surface area contributed by atoms with Crippen molar-refractivity contribution >= 4 is 11.8 Å². The molecular weight excluding hydrogens is 376 g/mol. The van der Waals surface area contributed by atoms with E-state index < -0.39 is 0 Å². The monoisotopic (exact) mass is 406 g/mol. The van der Waals surface area contributed by atoms with Gasteiger partial charge in [0.05, 0.1) is 0 Å². The summed E-state index contributed by atoms with van der Waals surface area (Å²) in [5.74, 6) is 0.793. The minimum Gasteiger partial charge on any atom is -0.291 e. The van der Waals surface area contributed by atoms with Crippen molar-refractivity contribution in [3.63, 3.8) is 0 Å². The molecule has 4 heteroatoms. The molecule has 0 aliphatic carbocycles. The predicted molar refractivity (Wildman–Crippen MR) is 123 cm³/mol. The van der Waals surface area contributed by atoms with Gasteiger partial charge >= 0.3 is 0 Å². The average Bonchev–Trinajstić information content (AvgIpc) is 2.67. The molecule has 3 aromatic rings. The van der Waals surface area contributed by atoms with E-state index in [4.69, 9.17) is 4.98 Å². The van der Waals surface area contributed by atoms with Crippen LogP contribution in [0.5, 0.6) is 0 Å². The van der Waals surface area contributed by atoms with Crippen LogP contribution in [0.25, 0.3) is 0 Å². The van der Waals surface area contributed by atoms with E-state index in [1.807, 2.05) is 20.0 Å². The van der Waals surface area contributed by atoms with Gasteiger partial charge in [-0.25, -0.2) is 4.98 Å². The van der Waals surface area contributed by atoms with Crippen molar-refractivity contribution in [1.29, 1.82) is 0 Å². The number of benzene rings is 2. The van der Waals surface area contributed by atoms with E-state index in [1.54, 1.807) is 16.3 Å². The van der Waals surface area contributed by atoms with E-state index in [2.05, 4.69) is 70.2 Å². The molecule has 3 rings (SSSR count). The van der Waals surface area contributed by atoms with Crippen LogP contribution in [0, 0.1) is 13.8 Å². The van der Waals surface area contributed by atoms with Crippen LogP contribution in [0.1, 0.15) is 54.3 Å². The van der Waals surface area contributed by atoms with Crippen LogP contribution in [-0.2, 0) is 24.6 Å². The second-order valence-electron chi connectivity index (χ2n) is 8.72. The number of hydrogen-bond donors (Lipinski definition) is 0. The first-order chi connectivity index (χ1) is 13.6. The van der Waals surface area contributed by atoms with Gasteiger partial charge in [0.2, 0.25) is 0 Å². The Morgan fingerprint density at radius 2 is 1.69 bits per heavy atom. The van der Waals surface area contributed by atoms with Crippen LogP contribution < -0.4 is 5.56 Å². The Kier molecular flexibility index (Phi) is 6.33. The van der Waals surface area contributed by atoms with Gasteiger partial charge in [-0.2, -0.15) is 0 Å².